The minimum absolute atomic E-state index is 0.00823. The average Bonchev–Trinajstić information content (AvgIpc) is 3.28. The summed E-state index contributed by atoms with van der Waals surface area (Å²) in [5.41, 5.74) is 0.713. The van der Waals surface area contributed by atoms with Crippen LogP contribution in [0.1, 0.15) is 31.2 Å². The van der Waals surface area contributed by atoms with Crippen molar-refractivity contribution >= 4 is 34.9 Å². The maximum absolute atomic E-state index is 12.8. The molecule has 0 aliphatic carbocycles. The Kier molecular flexibility index (Phi) is 5.77. The van der Waals surface area contributed by atoms with Gasteiger partial charge in [-0.3, -0.25) is 19.3 Å². The zero-order valence-corrected chi connectivity index (χ0v) is 16.7. The zero-order chi connectivity index (χ0) is 20.4. The molecule has 154 valence electrons. The fourth-order valence-electron chi connectivity index (χ4n) is 3.79. The lowest BCUT2D eigenvalue weighted by Crippen LogP contribution is -2.49. The van der Waals surface area contributed by atoms with Gasteiger partial charge in [0.05, 0.1) is 4.91 Å². The van der Waals surface area contributed by atoms with E-state index in [9.17, 15) is 19.5 Å². The second-order valence-electron chi connectivity index (χ2n) is 7.13. The Balaban J connectivity index is 1.46. The van der Waals surface area contributed by atoms with Gasteiger partial charge in [-0.15, -0.1) is 0 Å². The highest BCUT2D eigenvalue weighted by atomic mass is 32.2. The van der Waals surface area contributed by atoms with Crippen molar-refractivity contribution in [3.8, 4) is 11.5 Å². The molecule has 0 saturated carbocycles. The summed E-state index contributed by atoms with van der Waals surface area (Å²) in [5.74, 6) is 0.504. The summed E-state index contributed by atoms with van der Waals surface area (Å²) < 4.78 is 10.6. The summed E-state index contributed by atoms with van der Waals surface area (Å²) in [4.78, 5) is 40.8. The van der Waals surface area contributed by atoms with Crippen LogP contribution >= 0.6 is 11.8 Å². The molecule has 1 aromatic rings. The Hall–Kier alpha value is -2.52. The van der Waals surface area contributed by atoms with Crippen molar-refractivity contribution in [2.75, 3.05) is 26.5 Å². The maximum atomic E-state index is 12.8. The number of piperidine rings is 1. The second kappa shape index (κ2) is 8.46. The Morgan fingerprint density at radius 1 is 1.24 bits per heavy atom. The highest BCUT2D eigenvalue weighted by molar-refractivity contribution is 8.18. The van der Waals surface area contributed by atoms with Gasteiger partial charge >= 0.3 is 0 Å². The zero-order valence-electron chi connectivity index (χ0n) is 15.8. The van der Waals surface area contributed by atoms with E-state index in [1.807, 2.05) is 0 Å². The predicted octanol–water partition coefficient (Wildman–Crippen LogP) is 2.22. The quantitative estimate of drug-likeness (QED) is 0.733. The molecule has 4 rings (SSSR count). The van der Waals surface area contributed by atoms with Crippen molar-refractivity contribution in [3.63, 3.8) is 0 Å². The lowest BCUT2D eigenvalue weighted by molar-refractivity contribution is -0.139. The first-order valence-electron chi connectivity index (χ1n) is 9.62. The summed E-state index contributed by atoms with van der Waals surface area (Å²) in [7, 11) is 0. The molecule has 3 aliphatic heterocycles. The average molecular weight is 418 g/mol. The van der Waals surface area contributed by atoms with Crippen LogP contribution < -0.4 is 9.47 Å². The fraction of sp³-hybridized carbons (Fsp3) is 0.450. The largest absolute Gasteiger partial charge is 0.454 e. The molecular formula is C20H22N2O6S. The number of aliphatic hydroxyl groups excluding tert-OH is 1. The van der Waals surface area contributed by atoms with Crippen LogP contribution in [0.2, 0.25) is 0 Å². The molecule has 2 saturated heterocycles. The van der Waals surface area contributed by atoms with Crippen LogP contribution in [0.25, 0.3) is 6.08 Å². The summed E-state index contributed by atoms with van der Waals surface area (Å²) in [6, 6.07) is 5.24. The van der Waals surface area contributed by atoms with Gasteiger partial charge in [-0.2, -0.15) is 0 Å². The molecule has 0 spiro atoms. The molecule has 0 aromatic heterocycles. The minimum Gasteiger partial charge on any atom is -0.454 e. The third-order valence-corrected chi connectivity index (χ3v) is 6.18. The van der Waals surface area contributed by atoms with E-state index in [1.54, 1.807) is 29.2 Å². The fourth-order valence-corrected chi connectivity index (χ4v) is 4.63. The van der Waals surface area contributed by atoms with Crippen LogP contribution in [-0.4, -0.2) is 64.5 Å². The van der Waals surface area contributed by atoms with Crippen molar-refractivity contribution in [3.05, 3.63) is 28.7 Å². The summed E-state index contributed by atoms with van der Waals surface area (Å²) >= 11 is 0.825. The number of thioether (sulfide) groups is 1. The molecule has 1 aromatic carbocycles. The Morgan fingerprint density at radius 3 is 2.90 bits per heavy atom. The first-order valence-corrected chi connectivity index (χ1v) is 10.4. The van der Waals surface area contributed by atoms with Crippen LogP contribution in [0.5, 0.6) is 11.5 Å². The van der Waals surface area contributed by atoms with Crippen molar-refractivity contribution in [1.82, 2.24) is 9.80 Å². The highest BCUT2D eigenvalue weighted by Crippen LogP contribution is 2.36. The number of amides is 3. The number of likely N-dealkylation sites (tertiary alicyclic amines) is 1. The van der Waals surface area contributed by atoms with Gasteiger partial charge in [0.25, 0.3) is 11.1 Å². The SMILES string of the molecule is O=C1S/C(=C\c2ccc3c(c2)OCO3)C(=O)N1CC(=O)N1CCCCC1CCO. The number of rotatable bonds is 5. The molecule has 1 N–H and O–H groups in total. The lowest BCUT2D eigenvalue weighted by atomic mass is 9.99. The summed E-state index contributed by atoms with van der Waals surface area (Å²) in [6.07, 6.45) is 4.86. The molecular weight excluding hydrogens is 396 g/mol. The number of carbonyl (C=O) groups is 3. The van der Waals surface area contributed by atoms with Crippen molar-refractivity contribution in [1.29, 1.82) is 0 Å². The first-order chi connectivity index (χ1) is 14.1. The van der Waals surface area contributed by atoms with Crippen LogP contribution in [0, 0.1) is 0 Å². The molecule has 1 unspecified atom stereocenters. The third kappa shape index (κ3) is 4.11. The van der Waals surface area contributed by atoms with Crippen LogP contribution in [-0.2, 0) is 9.59 Å². The first kappa shape index (κ1) is 19.8. The molecule has 2 fully saturated rings. The number of fused-ring (bicyclic) bond motifs is 1. The van der Waals surface area contributed by atoms with E-state index in [1.165, 1.54) is 0 Å². The molecule has 9 heteroatoms. The number of carbonyl (C=O) groups excluding carboxylic acids is 3. The number of imide groups is 1. The van der Waals surface area contributed by atoms with Gasteiger partial charge in [0, 0.05) is 19.2 Å². The van der Waals surface area contributed by atoms with E-state index < -0.39 is 11.1 Å². The van der Waals surface area contributed by atoms with Gasteiger partial charge in [-0.25, -0.2) is 0 Å². The number of hydrogen-bond acceptors (Lipinski definition) is 7. The predicted molar refractivity (Wildman–Crippen MR) is 106 cm³/mol. The number of nitrogens with zero attached hydrogens (tertiary/aromatic N) is 2. The van der Waals surface area contributed by atoms with Crippen LogP contribution in [0.4, 0.5) is 4.79 Å². The molecule has 3 heterocycles. The van der Waals surface area contributed by atoms with Gasteiger partial charge in [0.1, 0.15) is 6.54 Å². The van der Waals surface area contributed by atoms with Gasteiger partial charge < -0.3 is 19.5 Å². The number of benzene rings is 1. The molecule has 3 amide bonds. The number of hydrogen-bond donors (Lipinski definition) is 1. The Morgan fingerprint density at radius 2 is 2.07 bits per heavy atom. The Labute approximate surface area is 172 Å². The second-order valence-corrected chi connectivity index (χ2v) is 8.12. The van der Waals surface area contributed by atoms with E-state index in [0.29, 0.717) is 30.0 Å². The summed E-state index contributed by atoms with van der Waals surface area (Å²) in [6.45, 7) is 0.483. The number of aliphatic hydroxyl groups is 1. The van der Waals surface area contributed by atoms with E-state index in [0.717, 1.165) is 35.9 Å². The monoisotopic (exact) mass is 418 g/mol. The van der Waals surface area contributed by atoms with E-state index >= 15 is 0 Å². The molecule has 1 atom stereocenters. The Bertz CT molecular complexity index is 869. The smallest absolute Gasteiger partial charge is 0.294 e. The van der Waals surface area contributed by atoms with E-state index in [2.05, 4.69) is 0 Å². The van der Waals surface area contributed by atoms with Gasteiger partial charge in [0.2, 0.25) is 12.7 Å². The highest BCUT2D eigenvalue weighted by Gasteiger charge is 2.38. The molecule has 0 bridgehead atoms. The van der Waals surface area contributed by atoms with Crippen LogP contribution in [0.3, 0.4) is 0 Å². The van der Waals surface area contributed by atoms with Crippen LogP contribution in [0.15, 0.2) is 23.1 Å². The number of ether oxygens (including phenoxy) is 2. The molecule has 29 heavy (non-hydrogen) atoms. The van der Waals surface area contributed by atoms with Gasteiger partial charge in [0.15, 0.2) is 11.5 Å². The molecule has 8 nitrogen and oxygen atoms in total. The van der Waals surface area contributed by atoms with Crippen molar-refractivity contribution in [2.24, 2.45) is 0 Å². The minimum atomic E-state index is -0.471. The van der Waals surface area contributed by atoms with Gasteiger partial charge in [-0.05, 0) is 61.2 Å². The van der Waals surface area contributed by atoms with Gasteiger partial charge in [-0.1, -0.05) is 6.07 Å². The lowest BCUT2D eigenvalue weighted by Gasteiger charge is -2.36. The van der Waals surface area contributed by atoms with Crippen molar-refractivity contribution < 1.29 is 29.0 Å². The topological polar surface area (TPSA) is 96.4 Å². The van der Waals surface area contributed by atoms with Crippen molar-refractivity contribution in [2.45, 2.75) is 31.7 Å². The summed E-state index contributed by atoms with van der Waals surface area (Å²) in [5, 5.41) is 8.78. The molecule has 0 radical (unpaired) electrons. The maximum Gasteiger partial charge on any atom is 0.294 e. The molecule has 3 aliphatic rings. The van der Waals surface area contributed by atoms with E-state index in [-0.39, 0.29) is 36.8 Å². The normalized spacial score (nSPS) is 22.7. The standard InChI is InChI=1S/C20H22N2O6S/c23-8-6-14-3-1-2-7-21(14)18(24)11-22-19(25)17(29-20(22)26)10-13-4-5-15-16(9-13)28-12-27-15/h4-5,9-10,14,23H,1-3,6-8,11-12H2/b17-10-. The van der Waals surface area contributed by atoms with E-state index in [4.69, 9.17) is 9.47 Å². The third-order valence-electron chi connectivity index (χ3n) is 5.27.